The second kappa shape index (κ2) is 5.57. The number of rotatable bonds is 4. The maximum absolute atomic E-state index is 11.9. The molecule has 2 aromatic rings. The lowest BCUT2D eigenvalue weighted by Gasteiger charge is -2.10. The Morgan fingerprint density at radius 3 is 2.90 bits per heavy atom. The first-order chi connectivity index (χ1) is 10.1. The van der Waals surface area contributed by atoms with E-state index in [0.717, 1.165) is 6.42 Å². The smallest absolute Gasteiger partial charge is 0.258 e. The van der Waals surface area contributed by atoms with E-state index in [1.807, 2.05) is 6.07 Å². The van der Waals surface area contributed by atoms with Crippen LogP contribution in [0.2, 0.25) is 0 Å². The van der Waals surface area contributed by atoms with Crippen LogP contribution in [0.25, 0.3) is 10.9 Å². The molecule has 2 N–H and O–H groups in total. The van der Waals surface area contributed by atoms with Gasteiger partial charge in [-0.3, -0.25) is 4.79 Å². The van der Waals surface area contributed by atoms with Gasteiger partial charge in [-0.2, -0.15) is 0 Å². The lowest BCUT2D eigenvalue weighted by atomic mass is 10.2. The summed E-state index contributed by atoms with van der Waals surface area (Å²) in [4.78, 5) is 19.0. The fourth-order valence-corrected chi connectivity index (χ4v) is 4.46. The second-order valence-corrected chi connectivity index (χ2v) is 7.69. The van der Waals surface area contributed by atoms with Crippen LogP contribution in [0, 0.1) is 0 Å². The van der Waals surface area contributed by atoms with E-state index in [1.54, 1.807) is 18.2 Å². The fourth-order valence-electron chi connectivity index (χ4n) is 2.66. The molecule has 0 bridgehead atoms. The normalized spacial score (nSPS) is 20.9. The van der Waals surface area contributed by atoms with Gasteiger partial charge in [0.05, 0.1) is 28.5 Å². The zero-order chi connectivity index (χ0) is 14.9. The van der Waals surface area contributed by atoms with Crippen LogP contribution in [0.15, 0.2) is 29.1 Å². The van der Waals surface area contributed by atoms with Gasteiger partial charge < -0.3 is 10.3 Å². The van der Waals surface area contributed by atoms with Gasteiger partial charge in [-0.25, -0.2) is 13.4 Å². The monoisotopic (exact) mass is 307 g/mol. The van der Waals surface area contributed by atoms with Crippen LogP contribution >= 0.6 is 0 Å². The van der Waals surface area contributed by atoms with Crippen molar-refractivity contribution in [2.45, 2.75) is 24.6 Å². The number of sulfone groups is 1. The van der Waals surface area contributed by atoms with Crippen LogP contribution in [0.5, 0.6) is 0 Å². The van der Waals surface area contributed by atoms with Crippen molar-refractivity contribution >= 4 is 20.7 Å². The largest absolute Gasteiger partial charge is 0.309 e. The first-order valence-electron chi connectivity index (χ1n) is 6.96. The molecule has 6 nitrogen and oxygen atoms in total. The van der Waals surface area contributed by atoms with E-state index in [1.165, 1.54) is 0 Å². The number of fused-ring (bicyclic) bond motifs is 1. The lowest BCUT2D eigenvalue weighted by Crippen LogP contribution is -2.31. The van der Waals surface area contributed by atoms with Gasteiger partial charge in [-0.15, -0.1) is 0 Å². The molecule has 7 heteroatoms. The minimum absolute atomic E-state index is 0.175. The van der Waals surface area contributed by atoms with Crippen LogP contribution in [-0.2, 0) is 16.4 Å². The summed E-state index contributed by atoms with van der Waals surface area (Å²) in [5.41, 5.74) is 0.470. The molecule has 3 rings (SSSR count). The molecule has 1 atom stereocenters. The highest BCUT2D eigenvalue weighted by Gasteiger charge is 2.30. The van der Waals surface area contributed by atoms with E-state index in [0.29, 0.717) is 36.2 Å². The van der Waals surface area contributed by atoms with Crippen molar-refractivity contribution in [2.24, 2.45) is 0 Å². The Balaban J connectivity index is 1.70. The number of H-pyrrole nitrogens is 1. The predicted octanol–water partition coefficient (Wildman–Crippen LogP) is 0.590. The van der Waals surface area contributed by atoms with Crippen LogP contribution in [0.4, 0.5) is 0 Å². The third-order valence-electron chi connectivity index (χ3n) is 3.79. The van der Waals surface area contributed by atoms with E-state index in [4.69, 9.17) is 0 Å². The quantitative estimate of drug-likeness (QED) is 0.862. The highest BCUT2D eigenvalue weighted by molar-refractivity contribution is 7.92. The maximum Gasteiger partial charge on any atom is 0.258 e. The minimum Gasteiger partial charge on any atom is -0.309 e. The number of nitrogens with one attached hydrogen (secondary N) is 2. The van der Waals surface area contributed by atoms with Gasteiger partial charge >= 0.3 is 0 Å². The second-order valence-electron chi connectivity index (χ2n) is 5.29. The van der Waals surface area contributed by atoms with E-state index in [9.17, 15) is 13.2 Å². The Labute approximate surface area is 122 Å². The van der Waals surface area contributed by atoms with E-state index in [2.05, 4.69) is 15.3 Å². The topological polar surface area (TPSA) is 91.9 Å². The summed E-state index contributed by atoms with van der Waals surface area (Å²) in [6, 6.07) is 7.14. The van der Waals surface area contributed by atoms with Gasteiger partial charge in [0.15, 0.2) is 9.84 Å². The van der Waals surface area contributed by atoms with Crippen LogP contribution in [0.1, 0.15) is 18.7 Å². The minimum atomic E-state index is -2.94. The zero-order valence-corrected chi connectivity index (χ0v) is 12.3. The number of nitrogens with zero attached hydrogens (tertiary/aromatic N) is 1. The molecule has 0 aliphatic carbocycles. The molecule has 0 amide bonds. The highest BCUT2D eigenvalue weighted by atomic mass is 32.2. The molecule has 1 aromatic heterocycles. The van der Waals surface area contributed by atoms with Gasteiger partial charge in [-0.1, -0.05) is 12.1 Å². The molecule has 1 saturated heterocycles. The predicted molar refractivity (Wildman–Crippen MR) is 80.9 cm³/mol. The van der Waals surface area contributed by atoms with Crippen LogP contribution in [-0.4, -0.2) is 35.9 Å². The Bertz CT molecular complexity index is 814. The lowest BCUT2D eigenvalue weighted by molar-refractivity contribution is 0.570. The number of benzene rings is 1. The summed E-state index contributed by atoms with van der Waals surface area (Å²) >= 11 is 0. The van der Waals surface area contributed by atoms with E-state index in [-0.39, 0.29) is 16.6 Å². The first-order valence-corrected chi connectivity index (χ1v) is 8.68. The number of hydrogen-bond donors (Lipinski definition) is 2. The zero-order valence-electron chi connectivity index (χ0n) is 11.5. The Hall–Kier alpha value is -1.73. The van der Waals surface area contributed by atoms with Crippen molar-refractivity contribution in [2.75, 3.05) is 12.3 Å². The summed E-state index contributed by atoms with van der Waals surface area (Å²) in [6.45, 7) is 0.755. The van der Waals surface area contributed by atoms with Crippen molar-refractivity contribution in [3.63, 3.8) is 0 Å². The van der Waals surface area contributed by atoms with Crippen molar-refractivity contribution < 1.29 is 8.42 Å². The van der Waals surface area contributed by atoms with E-state index < -0.39 is 9.84 Å². The van der Waals surface area contributed by atoms with Crippen LogP contribution in [0.3, 0.4) is 0 Å². The molecular formula is C14H17N3O3S. The third kappa shape index (κ3) is 2.98. The molecular weight excluding hydrogens is 290 g/mol. The first kappa shape index (κ1) is 14.2. The van der Waals surface area contributed by atoms with Crippen molar-refractivity contribution in [1.29, 1.82) is 0 Å². The number of para-hydroxylation sites is 1. The van der Waals surface area contributed by atoms with Gasteiger partial charge in [0.2, 0.25) is 0 Å². The number of aromatic nitrogens is 2. The van der Waals surface area contributed by atoms with Gasteiger partial charge in [-0.05, 0) is 25.0 Å². The molecule has 112 valence electrons. The SMILES string of the molecule is O=c1[nH]c(CNCC2CCCS2(=O)=O)nc2ccccc12. The molecule has 0 saturated carbocycles. The Morgan fingerprint density at radius 2 is 2.14 bits per heavy atom. The third-order valence-corrected chi connectivity index (χ3v) is 6.06. The number of aromatic amines is 1. The standard InChI is InChI=1S/C14H17N3O3S/c18-14-11-5-1-2-6-12(11)16-13(17-14)9-15-8-10-4-3-7-21(10,19)20/h1-2,5-6,10,15H,3-4,7-9H2,(H,16,17,18). The summed E-state index contributed by atoms with van der Waals surface area (Å²) in [5.74, 6) is 0.804. The van der Waals surface area contributed by atoms with Crippen molar-refractivity contribution in [3.05, 3.63) is 40.4 Å². The maximum atomic E-state index is 11.9. The molecule has 1 unspecified atom stereocenters. The molecule has 1 aliphatic heterocycles. The van der Waals surface area contributed by atoms with E-state index >= 15 is 0 Å². The van der Waals surface area contributed by atoms with Crippen molar-refractivity contribution in [3.8, 4) is 0 Å². The van der Waals surface area contributed by atoms with Gasteiger partial charge in [0.1, 0.15) is 5.82 Å². The molecule has 0 spiro atoms. The summed E-state index contributed by atoms with van der Waals surface area (Å²) in [5, 5.41) is 3.32. The van der Waals surface area contributed by atoms with Crippen molar-refractivity contribution in [1.82, 2.24) is 15.3 Å². The van der Waals surface area contributed by atoms with Crippen LogP contribution < -0.4 is 10.9 Å². The molecule has 1 aliphatic rings. The highest BCUT2D eigenvalue weighted by Crippen LogP contribution is 2.19. The molecule has 0 radical (unpaired) electrons. The molecule has 1 aromatic carbocycles. The average molecular weight is 307 g/mol. The summed E-state index contributed by atoms with van der Waals surface area (Å²) in [6.07, 6.45) is 1.44. The Kier molecular flexibility index (Phi) is 3.77. The van der Waals surface area contributed by atoms with Gasteiger partial charge in [0.25, 0.3) is 5.56 Å². The summed E-state index contributed by atoms with van der Waals surface area (Å²) in [7, 11) is -2.94. The Morgan fingerprint density at radius 1 is 1.33 bits per heavy atom. The molecule has 1 fully saturated rings. The molecule has 21 heavy (non-hydrogen) atoms. The fraction of sp³-hybridized carbons (Fsp3) is 0.429. The summed E-state index contributed by atoms with van der Waals surface area (Å²) < 4.78 is 23.4. The van der Waals surface area contributed by atoms with Gasteiger partial charge in [0, 0.05) is 6.54 Å². The average Bonchev–Trinajstić information content (AvgIpc) is 2.78. The number of hydrogen-bond acceptors (Lipinski definition) is 5. The molecule has 2 heterocycles.